The zero-order valence-electron chi connectivity index (χ0n) is 12.8. The molecule has 0 aliphatic carbocycles. The lowest BCUT2D eigenvalue weighted by Gasteiger charge is -2.33. The number of esters is 1. The van der Waals surface area contributed by atoms with Gasteiger partial charge in [-0.05, 0) is 26.7 Å². The Hall–Kier alpha value is -1.43. The van der Waals surface area contributed by atoms with Crippen molar-refractivity contribution in [1.29, 1.82) is 0 Å². The summed E-state index contributed by atoms with van der Waals surface area (Å²) in [5, 5.41) is 28.0. The minimum Gasteiger partial charge on any atom is -0.458 e. The Morgan fingerprint density at radius 2 is 1.57 bits per heavy atom. The number of hydrogen-bond donors (Lipinski definition) is 3. The molecule has 120 valence electrons. The van der Waals surface area contributed by atoms with Crippen LogP contribution in [0.4, 0.5) is 0 Å². The number of rotatable bonds is 10. The van der Waals surface area contributed by atoms with Gasteiger partial charge in [-0.15, -0.1) is 13.2 Å². The molecule has 0 aliphatic heterocycles. The molecule has 0 aromatic carbocycles. The van der Waals surface area contributed by atoms with E-state index in [1.165, 1.54) is 6.92 Å². The zero-order chi connectivity index (χ0) is 16.5. The summed E-state index contributed by atoms with van der Waals surface area (Å²) in [5.41, 5.74) is 0.0386. The van der Waals surface area contributed by atoms with Gasteiger partial charge in [0.05, 0.1) is 25.2 Å². The summed E-state index contributed by atoms with van der Waals surface area (Å²) in [7, 11) is 0. The smallest absolute Gasteiger partial charge is 0.333 e. The lowest BCUT2D eigenvalue weighted by molar-refractivity contribution is -0.158. The Labute approximate surface area is 126 Å². The van der Waals surface area contributed by atoms with E-state index in [0.717, 1.165) is 5.57 Å². The van der Waals surface area contributed by atoms with Crippen molar-refractivity contribution >= 4 is 5.97 Å². The number of hydrogen-bond acceptors (Lipinski definition) is 5. The molecule has 0 fully saturated rings. The first kappa shape index (κ1) is 19.6. The highest BCUT2D eigenvalue weighted by Crippen LogP contribution is 2.25. The number of allylic oxidation sites excluding steroid dienone is 3. The van der Waals surface area contributed by atoms with E-state index in [0.29, 0.717) is 18.4 Å². The zero-order valence-corrected chi connectivity index (χ0v) is 12.8. The van der Waals surface area contributed by atoms with E-state index in [-0.39, 0.29) is 0 Å². The highest BCUT2D eigenvalue weighted by atomic mass is 16.5. The van der Waals surface area contributed by atoms with Gasteiger partial charge in [-0.2, -0.15) is 0 Å². The number of aliphatic hydroxyl groups excluding tert-OH is 3. The quantitative estimate of drug-likeness (QED) is 0.322. The van der Waals surface area contributed by atoms with Crippen LogP contribution < -0.4 is 0 Å². The number of aliphatic hydroxyl groups is 3. The average molecular weight is 298 g/mol. The van der Waals surface area contributed by atoms with Crippen molar-refractivity contribution in [3.05, 3.63) is 36.5 Å². The fourth-order valence-corrected chi connectivity index (χ4v) is 1.79. The third kappa shape index (κ3) is 5.12. The van der Waals surface area contributed by atoms with Crippen LogP contribution in [-0.4, -0.2) is 47.2 Å². The molecule has 0 bridgehead atoms. The molecule has 0 saturated carbocycles. The molecular formula is C16H26O5. The molecule has 0 saturated heterocycles. The molecule has 0 aromatic heterocycles. The molecule has 0 heterocycles. The average Bonchev–Trinajstić information content (AvgIpc) is 2.48. The Bertz CT molecular complexity index is 373. The molecule has 0 aromatic rings. The van der Waals surface area contributed by atoms with Gasteiger partial charge in [0.2, 0.25) is 0 Å². The standard InChI is InChI=1S/C16H26O5/c1-5-7-14(8-6-2)12(3)15(20)21-13(4)16(9-17,10-18)11-19/h5-6,13,17-19H,1-2,7-11H2,3-4H3. The molecule has 1 atom stereocenters. The van der Waals surface area contributed by atoms with Crippen molar-refractivity contribution < 1.29 is 24.9 Å². The fraction of sp³-hybridized carbons (Fsp3) is 0.562. The van der Waals surface area contributed by atoms with Crippen molar-refractivity contribution in [3.8, 4) is 0 Å². The largest absolute Gasteiger partial charge is 0.458 e. The Morgan fingerprint density at radius 1 is 1.14 bits per heavy atom. The van der Waals surface area contributed by atoms with Crippen LogP contribution in [0.25, 0.3) is 0 Å². The first-order valence-corrected chi connectivity index (χ1v) is 6.86. The first-order chi connectivity index (χ1) is 9.92. The van der Waals surface area contributed by atoms with Crippen molar-refractivity contribution in [3.63, 3.8) is 0 Å². The van der Waals surface area contributed by atoms with Gasteiger partial charge in [0, 0.05) is 5.57 Å². The van der Waals surface area contributed by atoms with Gasteiger partial charge in [0.1, 0.15) is 6.10 Å². The second-order valence-corrected chi connectivity index (χ2v) is 5.10. The molecular weight excluding hydrogens is 272 g/mol. The minimum atomic E-state index is -1.26. The molecule has 1 unspecified atom stereocenters. The highest BCUT2D eigenvalue weighted by Gasteiger charge is 2.37. The second kappa shape index (κ2) is 9.50. The van der Waals surface area contributed by atoms with E-state index in [1.54, 1.807) is 19.1 Å². The van der Waals surface area contributed by atoms with Gasteiger partial charge in [-0.3, -0.25) is 0 Å². The summed E-state index contributed by atoms with van der Waals surface area (Å²) >= 11 is 0. The van der Waals surface area contributed by atoms with Gasteiger partial charge < -0.3 is 20.1 Å². The molecule has 0 amide bonds. The minimum absolute atomic E-state index is 0.448. The van der Waals surface area contributed by atoms with Crippen molar-refractivity contribution in [1.82, 2.24) is 0 Å². The van der Waals surface area contributed by atoms with Crippen LogP contribution in [-0.2, 0) is 9.53 Å². The normalized spacial score (nSPS) is 12.4. The van der Waals surface area contributed by atoms with Gasteiger partial charge in [0.15, 0.2) is 0 Å². The summed E-state index contributed by atoms with van der Waals surface area (Å²) in [6.07, 6.45) is 3.66. The Morgan fingerprint density at radius 3 is 1.90 bits per heavy atom. The molecule has 21 heavy (non-hydrogen) atoms. The second-order valence-electron chi connectivity index (χ2n) is 5.10. The summed E-state index contributed by atoms with van der Waals surface area (Å²) < 4.78 is 5.28. The predicted molar refractivity (Wildman–Crippen MR) is 81.6 cm³/mol. The van der Waals surface area contributed by atoms with Gasteiger partial charge >= 0.3 is 5.97 Å². The van der Waals surface area contributed by atoms with Crippen LogP contribution in [0, 0.1) is 5.41 Å². The van der Waals surface area contributed by atoms with E-state index in [1.807, 2.05) is 0 Å². The predicted octanol–water partition coefficient (Wildman–Crippen LogP) is 1.35. The third-order valence-electron chi connectivity index (χ3n) is 3.71. The SMILES string of the molecule is C=CCC(CC=C)=C(C)C(=O)OC(C)C(CO)(CO)CO. The molecule has 0 aliphatic rings. The van der Waals surface area contributed by atoms with Crippen LogP contribution >= 0.6 is 0 Å². The Kier molecular flexibility index (Phi) is 8.85. The highest BCUT2D eigenvalue weighted by molar-refractivity contribution is 5.89. The van der Waals surface area contributed by atoms with Crippen LogP contribution in [0.1, 0.15) is 26.7 Å². The summed E-state index contributed by atoms with van der Waals surface area (Å²) in [6.45, 7) is 9.03. The van der Waals surface area contributed by atoms with E-state index in [2.05, 4.69) is 13.2 Å². The maximum atomic E-state index is 12.1. The third-order valence-corrected chi connectivity index (χ3v) is 3.71. The number of carbonyl (C=O) groups excluding carboxylic acids is 1. The molecule has 3 N–H and O–H groups in total. The fourth-order valence-electron chi connectivity index (χ4n) is 1.79. The molecule has 0 radical (unpaired) electrons. The summed E-state index contributed by atoms with van der Waals surface area (Å²) in [6, 6.07) is 0. The van der Waals surface area contributed by atoms with E-state index < -0.39 is 37.3 Å². The van der Waals surface area contributed by atoms with E-state index >= 15 is 0 Å². The van der Waals surface area contributed by atoms with Gasteiger partial charge in [0.25, 0.3) is 0 Å². The Balaban J connectivity index is 5.13. The molecule has 5 nitrogen and oxygen atoms in total. The van der Waals surface area contributed by atoms with Gasteiger partial charge in [-0.1, -0.05) is 17.7 Å². The maximum Gasteiger partial charge on any atom is 0.333 e. The van der Waals surface area contributed by atoms with Crippen molar-refractivity contribution in [2.45, 2.75) is 32.8 Å². The van der Waals surface area contributed by atoms with Crippen LogP contribution in [0.5, 0.6) is 0 Å². The van der Waals surface area contributed by atoms with E-state index in [9.17, 15) is 20.1 Å². The van der Waals surface area contributed by atoms with Crippen molar-refractivity contribution in [2.24, 2.45) is 5.41 Å². The summed E-state index contributed by atoms with van der Waals surface area (Å²) in [4.78, 5) is 12.1. The lowest BCUT2D eigenvalue weighted by atomic mass is 9.85. The van der Waals surface area contributed by atoms with Crippen LogP contribution in [0.3, 0.4) is 0 Å². The maximum absolute atomic E-state index is 12.1. The molecule has 0 spiro atoms. The first-order valence-electron chi connectivity index (χ1n) is 6.86. The molecule has 5 heteroatoms. The van der Waals surface area contributed by atoms with E-state index in [4.69, 9.17) is 4.74 Å². The topological polar surface area (TPSA) is 87.0 Å². The number of ether oxygens (including phenoxy) is 1. The monoisotopic (exact) mass is 298 g/mol. The lowest BCUT2D eigenvalue weighted by Crippen LogP contribution is -2.46. The van der Waals surface area contributed by atoms with Crippen LogP contribution in [0.15, 0.2) is 36.5 Å². The van der Waals surface area contributed by atoms with Crippen molar-refractivity contribution in [2.75, 3.05) is 19.8 Å². The summed E-state index contributed by atoms with van der Waals surface area (Å²) in [5.74, 6) is -0.541. The molecule has 0 rings (SSSR count). The number of carbonyl (C=O) groups is 1. The van der Waals surface area contributed by atoms with Crippen LogP contribution in [0.2, 0.25) is 0 Å². The van der Waals surface area contributed by atoms with Gasteiger partial charge in [-0.25, -0.2) is 4.79 Å².